The van der Waals surface area contributed by atoms with Gasteiger partial charge in [-0.3, -0.25) is 9.69 Å². The van der Waals surface area contributed by atoms with E-state index < -0.39 is 0 Å². The number of amides is 1. The van der Waals surface area contributed by atoms with Gasteiger partial charge in [0.05, 0.1) is 6.04 Å². The van der Waals surface area contributed by atoms with E-state index in [0.717, 1.165) is 30.2 Å². The summed E-state index contributed by atoms with van der Waals surface area (Å²) in [5, 5.41) is 3.02. The molecule has 28 heavy (non-hydrogen) atoms. The monoisotopic (exact) mass is 404 g/mol. The third kappa shape index (κ3) is 4.88. The third-order valence-electron chi connectivity index (χ3n) is 4.97. The third-order valence-corrected chi connectivity index (χ3v) is 4.97. The average molecular weight is 405 g/mol. The molecule has 4 rings (SSSR count). The summed E-state index contributed by atoms with van der Waals surface area (Å²) < 4.78 is 16.5. The Morgan fingerprint density at radius 3 is 2.61 bits per heavy atom. The fraction of sp³-hybridized carbons (Fsp3) is 0.381. The molecule has 1 amide bonds. The van der Waals surface area contributed by atoms with Gasteiger partial charge in [-0.1, -0.05) is 24.3 Å². The van der Waals surface area contributed by atoms with Crippen LogP contribution in [0.15, 0.2) is 48.5 Å². The number of carbonyl (C=O) groups excluding carboxylic acids is 1. The predicted molar refractivity (Wildman–Crippen MR) is 108 cm³/mol. The summed E-state index contributed by atoms with van der Waals surface area (Å²) >= 11 is 0. The van der Waals surface area contributed by atoms with E-state index in [-0.39, 0.29) is 37.8 Å². The Balaban J connectivity index is 0.00000225. The van der Waals surface area contributed by atoms with E-state index in [1.54, 1.807) is 0 Å². The van der Waals surface area contributed by atoms with Crippen molar-refractivity contribution in [1.82, 2.24) is 10.2 Å². The van der Waals surface area contributed by atoms with Gasteiger partial charge in [-0.25, -0.2) is 0 Å². The molecule has 2 aromatic rings. The summed E-state index contributed by atoms with van der Waals surface area (Å²) in [6.07, 6.45) is 2.37. The standard InChI is InChI=1S/C21H24N2O4.ClH/c24-21(14-25-17-6-2-1-3-7-17)22-13-18(23-10-4-5-11-23)16-8-9-19-20(12-16)27-15-26-19;/h1-3,6-9,12,18H,4-5,10-11,13-15H2,(H,22,24);1H. The highest BCUT2D eigenvalue weighted by Gasteiger charge is 2.26. The lowest BCUT2D eigenvalue weighted by molar-refractivity contribution is -0.123. The molecular weight excluding hydrogens is 380 g/mol. The molecule has 6 nitrogen and oxygen atoms in total. The molecular formula is C21H25ClN2O4. The first-order valence-corrected chi connectivity index (χ1v) is 9.38. The van der Waals surface area contributed by atoms with Gasteiger partial charge in [0.2, 0.25) is 6.79 Å². The molecule has 0 spiro atoms. The molecule has 0 aliphatic carbocycles. The molecule has 2 aromatic carbocycles. The van der Waals surface area contributed by atoms with E-state index in [0.29, 0.717) is 12.3 Å². The van der Waals surface area contributed by atoms with E-state index in [9.17, 15) is 4.79 Å². The van der Waals surface area contributed by atoms with E-state index in [1.807, 2.05) is 42.5 Å². The minimum absolute atomic E-state index is 0. The highest BCUT2D eigenvalue weighted by Crippen LogP contribution is 2.36. The van der Waals surface area contributed by atoms with Crippen LogP contribution in [-0.2, 0) is 4.79 Å². The lowest BCUT2D eigenvalue weighted by Gasteiger charge is -2.28. The van der Waals surface area contributed by atoms with E-state index in [2.05, 4.69) is 16.3 Å². The van der Waals surface area contributed by atoms with Gasteiger partial charge in [-0.15, -0.1) is 12.4 Å². The Hall–Kier alpha value is -2.44. The summed E-state index contributed by atoms with van der Waals surface area (Å²) in [6.45, 7) is 2.89. The fourth-order valence-corrected chi connectivity index (χ4v) is 3.56. The topological polar surface area (TPSA) is 60.0 Å². The van der Waals surface area contributed by atoms with Crippen molar-refractivity contribution in [3.63, 3.8) is 0 Å². The van der Waals surface area contributed by atoms with Crippen molar-refractivity contribution in [3.05, 3.63) is 54.1 Å². The van der Waals surface area contributed by atoms with Crippen LogP contribution >= 0.6 is 12.4 Å². The van der Waals surface area contributed by atoms with Gasteiger partial charge in [0.1, 0.15) is 5.75 Å². The minimum atomic E-state index is -0.121. The number of halogens is 1. The zero-order valence-electron chi connectivity index (χ0n) is 15.6. The summed E-state index contributed by atoms with van der Waals surface area (Å²) in [5.41, 5.74) is 1.13. The van der Waals surface area contributed by atoms with Crippen LogP contribution in [0.3, 0.4) is 0 Å². The number of nitrogens with one attached hydrogen (secondary N) is 1. The highest BCUT2D eigenvalue weighted by atomic mass is 35.5. The summed E-state index contributed by atoms with van der Waals surface area (Å²) in [4.78, 5) is 14.7. The van der Waals surface area contributed by atoms with Crippen LogP contribution in [0.4, 0.5) is 0 Å². The number of nitrogens with zero attached hydrogens (tertiary/aromatic N) is 1. The molecule has 0 aromatic heterocycles. The molecule has 7 heteroatoms. The molecule has 0 radical (unpaired) electrons. The van der Waals surface area contributed by atoms with E-state index in [1.165, 1.54) is 12.8 Å². The number of ether oxygens (including phenoxy) is 3. The van der Waals surface area contributed by atoms with Gasteiger partial charge >= 0.3 is 0 Å². The van der Waals surface area contributed by atoms with Gasteiger partial charge in [0, 0.05) is 6.54 Å². The average Bonchev–Trinajstić information content (AvgIpc) is 3.39. The SMILES string of the molecule is Cl.O=C(COc1ccccc1)NCC(c1ccc2c(c1)OCO2)N1CCCC1. The van der Waals surface area contributed by atoms with Crippen LogP contribution in [0.25, 0.3) is 0 Å². The Kier molecular flexibility index (Phi) is 7.01. The molecule has 150 valence electrons. The number of hydrogen-bond acceptors (Lipinski definition) is 5. The van der Waals surface area contributed by atoms with Crippen molar-refractivity contribution in [2.75, 3.05) is 33.0 Å². The first kappa shape index (κ1) is 20.3. The number of carbonyl (C=O) groups is 1. The zero-order valence-corrected chi connectivity index (χ0v) is 16.5. The predicted octanol–water partition coefficient (Wildman–Crippen LogP) is 3.17. The van der Waals surface area contributed by atoms with Crippen LogP contribution in [-0.4, -0.2) is 43.8 Å². The number of hydrogen-bond donors (Lipinski definition) is 1. The molecule has 1 fully saturated rings. The van der Waals surface area contributed by atoms with Crippen molar-refractivity contribution in [3.8, 4) is 17.2 Å². The van der Waals surface area contributed by atoms with Crippen LogP contribution in [0.1, 0.15) is 24.4 Å². The van der Waals surface area contributed by atoms with Crippen molar-refractivity contribution in [2.24, 2.45) is 0 Å². The first-order valence-electron chi connectivity index (χ1n) is 9.38. The maximum Gasteiger partial charge on any atom is 0.258 e. The molecule has 1 saturated heterocycles. The summed E-state index contributed by atoms with van der Waals surface area (Å²) in [5.74, 6) is 2.12. The highest BCUT2D eigenvalue weighted by molar-refractivity contribution is 5.85. The van der Waals surface area contributed by atoms with Gasteiger partial charge in [0.25, 0.3) is 5.91 Å². The minimum Gasteiger partial charge on any atom is -0.484 e. The number of likely N-dealkylation sites (tertiary alicyclic amines) is 1. The molecule has 2 heterocycles. The number of fused-ring (bicyclic) bond motifs is 1. The fourth-order valence-electron chi connectivity index (χ4n) is 3.56. The Morgan fingerprint density at radius 1 is 1.07 bits per heavy atom. The zero-order chi connectivity index (χ0) is 18.5. The molecule has 0 bridgehead atoms. The van der Waals surface area contributed by atoms with E-state index >= 15 is 0 Å². The summed E-state index contributed by atoms with van der Waals surface area (Å²) in [6, 6.07) is 15.5. The number of benzene rings is 2. The van der Waals surface area contributed by atoms with Gasteiger partial charge in [-0.05, 0) is 55.8 Å². The second-order valence-corrected chi connectivity index (χ2v) is 6.78. The first-order chi connectivity index (χ1) is 13.3. The van der Waals surface area contributed by atoms with Gasteiger partial charge in [0.15, 0.2) is 18.1 Å². The smallest absolute Gasteiger partial charge is 0.258 e. The van der Waals surface area contributed by atoms with Gasteiger partial charge < -0.3 is 19.5 Å². The van der Waals surface area contributed by atoms with Crippen molar-refractivity contribution in [2.45, 2.75) is 18.9 Å². The summed E-state index contributed by atoms with van der Waals surface area (Å²) in [7, 11) is 0. The van der Waals surface area contributed by atoms with Crippen molar-refractivity contribution < 1.29 is 19.0 Å². The molecule has 1 atom stereocenters. The maximum atomic E-state index is 12.3. The Morgan fingerprint density at radius 2 is 1.82 bits per heavy atom. The van der Waals surface area contributed by atoms with Crippen LogP contribution in [0.2, 0.25) is 0 Å². The lowest BCUT2D eigenvalue weighted by atomic mass is 10.0. The van der Waals surface area contributed by atoms with Crippen LogP contribution in [0, 0.1) is 0 Å². The Labute approximate surface area is 171 Å². The molecule has 2 aliphatic heterocycles. The molecule has 0 saturated carbocycles. The molecule has 2 aliphatic rings. The second-order valence-electron chi connectivity index (χ2n) is 6.78. The molecule has 1 unspecified atom stereocenters. The maximum absolute atomic E-state index is 12.3. The largest absolute Gasteiger partial charge is 0.484 e. The molecule has 1 N–H and O–H groups in total. The normalized spacial score (nSPS) is 16.3. The van der Waals surface area contributed by atoms with Crippen molar-refractivity contribution >= 4 is 18.3 Å². The van der Waals surface area contributed by atoms with Crippen LogP contribution < -0.4 is 19.5 Å². The quantitative estimate of drug-likeness (QED) is 0.768. The van der Waals surface area contributed by atoms with Crippen LogP contribution in [0.5, 0.6) is 17.2 Å². The van der Waals surface area contributed by atoms with E-state index in [4.69, 9.17) is 14.2 Å². The van der Waals surface area contributed by atoms with Gasteiger partial charge in [-0.2, -0.15) is 0 Å². The second kappa shape index (κ2) is 9.66. The number of para-hydroxylation sites is 1. The lowest BCUT2D eigenvalue weighted by Crippen LogP contribution is -2.38. The Bertz CT molecular complexity index is 781. The van der Waals surface area contributed by atoms with Crippen molar-refractivity contribution in [1.29, 1.82) is 0 Å². The number of rotatable bonds is 7.